The largest absolute Gasteiger partial charge is 0.464 e. The molecule has 1 amide bonds. The Morgan fingerprint density at radius 3 is 2.34 bits per heavy atom. The van der Waals surface area contributed by atoms with Crippen LogP contribution in [0.4, 0.5) is 11.6 Å². The van der Waals surface area contributed by atoms with E-state index in [9.17, 15) is 13.2 Å². The molecule has 2 saturated heterocycles. The average Bonchev–Trinajstić information content (AvgIpc) is 3.34. The summed E-state index contributed by atoms with van der Waals surface area (Å²) in [4.78, 5) is 26.4. The standard InChI is InChI=1S/C28H35N5O4S/c1-20-6-8-23(24(16-20)32-10-4-3-5-11-32)27(25-9-7-21(2)37-25)31-26(34)17-22-18-29-28(30-19-22)33-12-14-38(35,36)15-13-33/h6-9,16,18-19,27H,3-5,10-15,17H2,1-2H3,(H,31,34). The zero-order valence-electron chi connectivity index (χ0n) is 22.0. The predicted octanol–water partition coefficient (Wildman–Crippen LogP) is 3.36. The Labute approximate surface area is 224 Å². The molecule has 2 aromatic heterocycles. The van der Waals surface area contributed by atoms with E-state index in [1.807, 2.05) is 24.0 Å². The van der Waals surface area contributed by atoms with E-state index < -0.39 is 15.9 Å². The zero-order chi connectivity index (χ0) is 26.7. The summed E-state index contributed by atoms with van der Waals surface area (Å²) in [5, 5.41) is 3.21. The molecule has 2 aliphatic rings. The van der Waals surface area contributed by atoms with Gasteiger partial charge in [0.2, 0.25) is 11.9 Å². The molecule has 2 fully saturated rings. The van der Waals surface area contributed by atoms with Crippen molar-refractivity contribution in [3.05, 3.63) is 70.9 Å². The Morgan fingerprint density at radius 1 is 0.974 bits per heavy atom. The lowest BCUT2D eigenvalue weighted by molar-refractivity contribution is -0.121. The van der Waals surface area contributed by atoms with Crippen LogP contribution in [0.5, 0.6) is 0 Å². The van der Waals surface area contributed by atoms with Gasteiger partial charge in [-0.05, 0) is 62.4 Å². The van der Waals surface area contributed by atoms with E-state index >= 15 is 0 Å². The number of sulfone groups is 1. The van der Waals surface area contributed by atoms with Gasteiger partial charge in [-0.3, -0.25) is 4.79 Å². The highest BCUT2D eigenvalue weighted by atomic mass is 32.2. The number of hydrogen-bond acceptors (Lipinski definition) is 8. The summed E-state index contributed by atoms with van der Waals surface area (Å²) in [6, 6.07) is 9.80. The highest BCUT2D eigenvalue weighted by Gasteiger charge is 2.26. The SMILES string of the molecule is Cc1ccc(C(NC(=O)Cc2cnc(N3CCS(=O)(=O)CC3)nc2)c2ccc(C)o2)c(N2CCCCC2)c1. The molecule has 10 heteroatoms. The van der Waals surface area contributed by atoms with Gasteiger partial charge in [0.1, 0.15) is 17.6 Å². The second-order valence-corrected chi connectivity index (χ2v) is 12.6. The first kappa shape index (κ1) is 26.2. The smallest absolute Gasteiger partial charge is 0.225 e. The van der Waals surface area contributed by atoms with Crippen molar-refractivity contribution in [1.82, 2.24) is 15.3 Å². The number of anilines is 2. The van der Waals surface area contributed by atoms with Crippen LogP contribution in [0, 0.1) is 13.8 Å². The minimum Gasteiger partial charge on any atom is -0.464 e. The fourth-order valence-electron chi connectivity index (χ4n) is 5.13. The molecule has 0 radical (unpaired) electrons. The maximum Gasteiger partial charge on any atom is 0.225 e. The minimum atomic E-state index is -2.98. The fourth-order valence-corrected chi connectivity index (χ4v) is 6.33. The van der Waals surface area contributed by atoms with Crippen LogP contribution in [-0.4, -0.2) is 62.0 Å². The third-order valence-electron chi connectivity index (χ3n) is 7.23. The third-order valence-corrected chi connectivity index (χ3v) is 8.84. The molecule has 38 heavy (non-hydrogen) atoms. The summed E-state index contributed by atoms with van der Waals surface area (Å²) >= 11 is 0. The Bertz CT molecular complexity index is 1370. The van der Waals surface area contributed by atoms with E-state index in [0.29, 0.717) is 30.4 Å². The van der Waals surface area contributed by atoms with E-state index in [1.54, 1.807) is 12.4 Å². The monoisotopic (exact) mass is 537 g/mol. The van der Waals surface area contributed by atoms with E-state index in [2.05, 4.69) is 45.3 Å². The van der Waals surface area contributed by atoms with Crippen molar-refractivity contribution < 1.29 is 17.6 Å². The maximum absolute atomic E-state index is 13.3. The van der Waals surface area contributed by atoms with Crippen molar-refractivity contribution in [2.24, 2.45) is 0 Å². The fraction of sp³-hybridized carbons (Fsp3) is 0.464. The number of carbonyl (C=O) groups excluding carboxylic acids is 1. The van der Waals surface area contributed by atoms with Gasteiger partial charge < -0.3 is 19.5 Å². The molecule has 1 aromatic carbocycles. The van der Waals surface area contributed by atoms with Gasteiger partial charge in [-0.15, -0.1) is 0 Å². The molecule has 2 aliphatic heterocycles. The molecule has 1 N–H and O–H groups in total. The number of nitrogens with one attached hydrogen (secondary N) is 1. The van der Waals surface area contributed by atoms with Crippen molar-refractivity contribution >= 4 is 27.4 Å². The van der Waals surface area contributed by atoms with Crippen molar-refractivity contribution in [2.45, 2.75) is 45.6 Å². The molecular formula is C28H35N5O4S. The first-order valence-corrected chi connectivity index (χ1v) is 15.1. The Hall–Kier alpha value is -3.40. The maximum atomic E-state index is 13.3. The van der Waals surface area contributed by atoms with E-state index in [-0.39, 0.29) is 23.8 Å². The molecule has 5 rings (SSSR count). The number of nitrogens with zero attached hydrogens (tertiary/aromatic N) is 4. The highest BCUT2D eigenvalue weighted by molar-refractivity contribution is 7.91. The molecule has 1 atom stereocenters. The first-order valence-electron chi connectivity index (χ1n) is 13.2. The molecule has 4 heterocycles. The number of amides is 1. The average molecular weight is 538 g/mol. The normalized spacial score (nSPS) is 18.3. The number of furan rings is 1. The lowest BCUT2D eigenvalue weighted by Gasteiger charge is -2.32. The summed E-state index contributed by atoms with van der Waals surface area (Å²) < 4.78 is 29.4. The topological polar surface area (TPSA) is 109 Å². The molecule has 0 spiro atoms. The molecular weight excluding hydrogens is 502 g/mol. The van der Waals surface area contributed by atoms with Crippen LogP contribution < -0.4 is 15.1 Å². The number of carbonyl (C=O) groups is 1. The highest BCUT2D eigenvalue weighted by Crippen LogP contribution is 2.34. The second kappa shape index (κ2) is 11.1. The number of aromatic nitrogens is 2. The van der Waals surface area contributed by atoms with Crippen molar-refractivity contribution in [1.29, 1.82) is 0 Å². The lowest BCUT2D eigenvalue weighted by Crippen LogP contribution is -2.41. The molecule has 0 bridgehead atoms. The molecule has 202 valence electrons. The molecule has 3 aromatic rings. The predicted molar refractivity (Wildman–Crippen MR) is 147 cm³/mol. The van der Waals surface area contributed by atoms with Crippen LogP contribution in [0.2, 0.25) is 0 Å². The summed E-state index contributed by atoms with van der Waals surface area (Å²) in [5.41, 5.74) is 4.02. The van der Waals surface area contributed by atoms with Gasteiger partial charge in [0.25, 0.3) is 0 Å². The quantitative estimate of drug-likeness (QED) is 0.489. The van der Waals surface area contributed by atoms with Crippen LogP contribution in [0.1, 0.15) is 53.5 Å². The Balaban J connectivity index is 1.34. The van der Waals surface area contributed by atoms with Crippen LogP contribution in [-0.2, 0) is 21.1 Å². The van der Waals surface area contributed by atoms with Crippen molar-refractivity contribution in [3.63, 3.8) is 0 Å². The van der Waals surface area contributed by atoms with E-state index in [1.165, 1.54) is 12.0 Å². The van der Waals surface area contributed by atoms with E-state index in [0.717, 1.165) is 42.9 Å². The summed E-state index contributed by atoms with van der Waals surface area (Å²) in [6.07, 6.45) is 6.97. The summed E-state index contributed by atoms with van der Waals surface area (Å²) in [5.74, 6) is 2.03. The van der Waals surface area contributed by atoms with Gasteiger partial charge in [-0.1, -0.05) is 12.1 Å². The third kappa shape index (κ3) is 6.18. The number of aryl methyl sites for hydroxylation is 2. The van der Waals surface area contributed by atoms with E-state index in [4.69, 9.17) is 4.42 Å². The molecule has 0 aliphatic carbocycles. The van der Waals surface area contributed by atoms with Crippen LogP contribution in [0.3, 0.4) is 0 Å². The number of hydrogen-bond donors (Lipinski definition) is 1. The Morgan fingerprint density at radius 2 is 1.68 bits per heavy atom. The van der Waals surface area contributed by atoms with Gasteiger partial charge in [0, 0.05) is 49.8 Å². The molecule has 9 nitrogen and oxygen atoms in total. The van der Waals surface area contributed by atoms with Gasteiger partial charge in [0.15, 0.2) is 9.84 Å². The molecule has 1 unspecified atom stereocenters. The summed E-state index contributed by atoms with van der Waals surface area (Å²) in [6.45, 7) is 6.75. The van der Waals surface area contributed by atoms with Gasteiger partial charge >= 0.3 is 0 Å². The lowest BCUT2D eigenvalue weighted by atomic mass is 9.97. The van der Waals surface area contributed by atoms with Gasteiger partial charge in [0.05, 0.1) is 17.9 Å². The van der Waals surface area contributed by atoms with Gasteiger partial charge in [-0.2, -0.15) is 0 Å². The first-order chi connectivity index (χ1) is 18.3. The summed E-state index contributed by atoms with van der Waals surface area (Å²) in [7, 11) is -2.98. The van der Waals surface area contributed by atoms with Crippen LogP contribution in [0.15, 0.2) is 47.1 Å². The van der Waals surface area contributed by atoms with Crippen LogP contribution in [0.25, 0.3) is 0 Å². The Kier molecular flexibility index (Phi) is 7.69. The zero-order valence-corrected chi connectivity index (χ0v) is 22.8. The molecule has 0 saturated carbocycles. The minimum absolute atomic E-state index is 0.104. The van der Waals surface area contributed by atoms with Crippen molar-refractivity contribution in [2.75, 3.05) is 47.5 Å². The van der Waals surface area contributed by atoms with Crippen LogP contribution >= 0.6 is 0 Å². The van der Waals surface area contributed by atoms with Gasteiger partial charge in [-0.25, -0.2) is 18.4 Å². The van der Waals surface area contributed by atoms with Crippen molar-refractivity contribution in [3.8, 4) is 0 Å². The number of rotatable bonds is 7. The number of benzene rings is 1. The second-order valence-electron chi connectivity index (χ2n) is 10.3. The number of piperidine rings is 1.